The number of hydrogen-bond donors (Lipinski definition) is 2. The lowest BCUT2D eigenvalue weighted by Gasteiger charge is -2.09. The average Bonchev–Trinajstić information content (AvgIpc) is 2.62. The highest BCUT2D eigenvalue weighted by atomic mass is 19.4. The van der Waals surface area contributed by atoms with E-state index in [2.05, 4.69) is 10.4 Å². The molecule has 0 spiro atoms. The van der Waals surface area contributed by atoms with Crippen LogP contribution in [0, 0.1) is 0 Å². The first-order valence-corrected chi connectivity index (χ1v) is 6.01. The molecule has 1 amide bonds. The fraction of sp³-hybridized carbons (Fsp3) is 0.636. The number of nitrogens with one attached hydrogen (secondary N) is 1. The molecule has 0 aliphatic rings. The van der Waals surface area contributed by atoms with Crippen molar-refractivity contribution in [3.8, 4) is 0 Å². The Balaban J connectivity index is 2.56. The minimum Gasteiger partial charge on any atom is -0.396 e. The SMILES string of the molecule is CN(C)CCCNC(=O)c1nn(CC(F)(F)F)cc1N. The van der Waals surface area contributed by atoms with E-state index in [0.29, 0.717) is 11.2 Å². The highest BCUT2D eigenvalue weighted by molar-refractivity contribution is 5.96. The average molecular weight is 293 g/mol. The summed E-state index contributed by atoms with van der Waals surface area (Å²) in [5.74, 6) is -0.567. The van der Waals surface area contributed by atoms with E-state index in [1.807, 2.05) is 19.0 Å². The number of hydrogen-bond acceptors (Lipinski definition) is 4. The lowest BCUT2D eigenvalue weighted by Crippen LogP contribution is -2.28. The van der Waals surface area contributed by atoms with Crippen LogP contribution in [0.5, 0.6) is 0 Å². The molecule has 9 heteroatoms. The molecule has 0 aliphatic heterocycles. The number of aromatic nitrogens is 2. The molecule has 0 bridgehead atoms. The maximum atomic E-state index is 12.2. The molecule has 1 aromatic rings. The van der Waals surface area contributed by atoms with Crippen LogP contribution < -0.4 is 11.1 Å². The molecule has 0 aromatic carbocycles. The molecular weight excluding hydrogens is 275 g/mol. The monoisotopic (exact) mass is 293 g/mol. The van der Waals surface area contributed by atoms with Crippen molar-refractivity contribution in [1.29, 1.82) is 0 Å². The first kappa shape index (κ1) is 16.3. The Morgan fingerprint density at radius 3 is 2.70 bits per heavy atom. The van der Waals surface area contributed by atoms with Gasteiger partial charge in [-0.2, -0.15) is 18.3 Å². The summed E-state index contributed by atoms with van der Waals surface area (Å²) in [4.78, 5) is 13.7. The summed E-state index contributed by atoms with van der Waals surface area (Å²) < 4.78 is 37.2. The number of rotatable bonds is 6. The molecule has 0 unspecified atom stereocenters. The highest BCUT2D eigenvalue weighted by Gasteiger charge is 2.29. The zero-order chi connectivity index (χ0) is 15.3. The van der Waals surface area contributed by atoms with E-state index in [9.17, 15) is 18.0 Å². The number of nitrogens with two attached hydrogens (primary N) is 1. The lowest BCUT2D eigenvalue weighted by atomic mass is 10.3. The van der Waals surface area contributed by atoms with Crippen LogP contribution >= 0.6 is 0 Å². The molecule has 0 saturated heterocycles. The van der Waals surface area contributed by atoms with Crippen LogP contribution in [0.25, 0.3) is 0 Å². The van der Waals surface area contributed by atoms with E-state index in [0.717, 1.165) is 19.2 Å². The Hall–Kier alpha value is -1.77. The van der Waals surface area contributed by atoms with Crippen LogP contribution in [0.4, 0.5) is 18.9 Å². The summed E-state index contributed by atoms with van der Waals surface area (Å²) >= 11 is 0. The Morgan fingerprint density at radius 2 is 2.15 bits per heavy atom. The number of nitrogens with zero attached hydrogens (tertiary/aromatic N) is 3. The summed E-state index contributed by atoms with van der Waals surface area (Å²) in [5, 5.41) is 6.13. The van der Waals surface area contributed by atoms with Gasteiger partial charge in [-0.1, -0.05) is 0 Å². The number of halogens is 3. The minimum atomic E-state index is -4.40. The molecule has 3 N–H and O–H groups in total. The van der Waals surface area contributed by atoms with Gasteiger partial charge < -0.3 is 16.0 Å². The van der Waals surface area contributed by atoms with Gasteiger partial charge >= 0.3 is 6.18 Å². The van der Waals surface area contributed by atoms with E-state index in [1.165, 1.54) is 0 Å². The van der Waals surface area contributed by atoms with E-state index < -0.39 is 18.6 Å². The van der Waals surface area contributed by atoms with E-state index in [4.69, 9.17) is 5.73 Å². The second-order valence-electron chi connectivity index (χ2n) is 4.66. The quantitative estimate of drug-likeness (QED) is 0.757. The van der Waals surface area contributed by atoms with Crippen LogP contribution in [-0.2, 0) is 6.54 Å². The third-order valence-corrected chi connectivity index (χ3v) is 2.41. The van der Waals surface area contributed by atoms with Crippen molar-refractivity contribution in [3.63, 3.8) is 0 Å². The van der Waals surface area contributed by atoms with Crippen molar-refractivity contribution in [2.24, 2.45) is 0 Å². The van der Waals surface area contributed by atoms with Crippen molar-refractivity contribution in [2.75, 3.05) is 32.9 Å². The van der Waals surface area contributed by atoms with Gasteiger partial charge in [-0.15, -0.1) is 0 Å². The van der Waals surface area contributed by atoms with Crippen molar-refractivity contribution in [3.05, 3.63) is 11.9 Å². The normalized spacial score (nSPS) is 11.9. The first-order valence-electron chi connectivity index (χ1n) is 6.01. The van der Waals surface area contributed by atoms with E-state index >= 15 is 0 Å². The molecule has 0 saturated carbocycles. The highest BCUT2D eigenvalue weighted by Crippen LogP contribution is 2.18. The van der Waals surface area contributed by atoms with Crippen LogP contribution in [0.2, 0.25) is 0 Å². The summed E-state index contributed by atoms with van der Waals surface area (Å²) in [6.07, 6.45) is -2.68. The van der Waals surface area contributed by atoms with Crippen molar-refractivity contribution >= 4 is 11.6 Å². The first-order chi connectivity index (χ1) is 9.19. The largest absolute Gasteiger partial charge is 0.408 e. The molecule has 1 rings (SSSR count). The fourth-order valence-electron chi connectivity index (χ4n) is 1.56. The smallest absolute Gasteiger partial charge is 0.396 e. The molecular formula is C11H18F3N5O. The summed E-state index contributed by atoms with van der Waals surface area (Å²) in [6.45, 7) is -0.0774. The van der Waals surface area contributed by atoms with Crippen molar-refractivity contribution < 1.29 is 18.0 Å². The summed E-state index contributed by atoms with van der Waals surface area (Å²) in [7, 11) is 3.80. The molecule has 1 aromatic heterocycles. The van der Waals surface area contributed by atoms with Gasteiger partial charge in [-0.25, -0.2) is 0 Å². The molecule has 0 aliphatic carbocycles. The zero-order valence-electron chi connectivity index (χ0n) is 11.4. The Labute approximate surface area is 114 Å². The molecule has 1 heterocycles. The van der Waals surface area contributed by atoms with Crippen LogP contribution in [0.15, 0.2) is 6.20 Å². The lowest BCUT2D eigenvalue weighted by molar-refractivity contribution is -0.142. The predicted molar refractivity (Wildman–Crippen MR) is 68.2 cm³/mol. The second kappa shape index (κ2) is 6.60. The summed E-state index contributed by atoms with van der Waals surface area (Å²) in [6, 6.07) is 0. The molecule has 0 atom stereocenters. The van der Waals surface area contributed by atoms with Crippen LogP contribution in [-0.4, -0.2) is 53.9 Å². The molecule has 0 radical (unpaired) electrons. The van der Waals surface area contributed by atoms with Gasteiger partial charge in [0.15, 0.2) is 5.69 Å². The van der Waals surface area contributed by atoms with E-state index in [1.54, 1.807) is 0 Å². The number of amides is 1. The maximum Gasteiger partial charge on any atom is 0.408 e. The Kier molecular flexibility index (Phi) is 5.37. The second-order valence-corrected chi connectivity index (χ2v) is 4.66. The number of carbonyl (C=O) groups is 1. The predicted octanol–water partition coefficient (Wildman–Crippen LogP) is 0.709. The summed E-state index contributed by atoms with van der Waals surface area (Å²) in [5.41, 5.74) is 5.24. The molecule has 6 nitrogen and oxygen atoms in total. The zero-order valence-corrected chi connectivity index (χ0v) is 11.4. The fourth-order valence-corrected chi connectivity index (χ4v) is 1.56. The maximum absolute atomic E-state index is 12.2. The molecule has 0 fully saturated rings. The van der Waals surface area contributed by atoms with Gasteiger partial charge in [0.25, 0.3) is 5.91 Å². The Morgan fingerprint density at radius 1 is 1.50 bits per heavy atom. The number of alkyl halides is 3. The van der Waals surface area contributed by atoms with Gasteiger partial charge in [0.2, 0.25) is 0 Å². The van der Waals surface area contributed by atoms with Gasteiger partial charge in [-0.05, 0) is 27.1 Å². The van der Waals surface area contributed by atoms with Crippen molar-refractivity contribution in [1.82, 2.24) is 20.0 Å². The molecule has 114 valence electrons. The van der Waals surface area contributed by atoms with Gasteiger partial charge in [-0.3, -0.25) is 9.48 Å². The van der Waals surface area contributed by atoms with Gasteiger partial charge in [0, 0.05) is 12.7 Å². The third kappa shape index (κ3) is 5.47. The number of anilines is 1. The van der Waals surface area contributed by atoms with Gasteiger partial charge in [0.05, 0.1) is 5.69 Å². The minimum absolute atomic E-state index is 0.0700. The Bertz CT molecular complexity index is 455. The number of carbonyl (C=O) groups excluding carboxylic acids is 1. The van der Waals surface area contributed by atoms with Crippen LogP contribution in [0.3, 0.4) is 0 Å². The molecule has 20 heavy (non-hydrogen) atoms. The number of nitrogen functional groups attached to an aromatic ring is 1. The van der Waals surface area contributed by atoms with Crippen LogP contribution in [0.1, 0.15) is 16.9 Å². The van der Waals surface area contributed by atoms with E-state index in [-0.39, 0.29) is 11.4 Å². The van der Waals surface area contributed by atoms with Gasteiger partial charge in [0.1, 0.15) is 6.54 Å². The van der Waals surface area contributed by atoms with Crippen molar-refractivity contribution in [2.45, 2.75) is 19.1 Å². The third-order valence-electron chi connectivity index (χ3n) is 2.41. The topological polar surface area (TPSA) is 76.2 Å². The standard InChI is InChI=1S/C11H18F3N5O/c1-18(2)5-3-4-16-10(20)9-8(15)6-19(17-9)7-11(12,13)14/h6H,3-5,7,15H2,1-2H3,(H,16,20).